The van der Waals surface area contributed by atoms with Crippen LogP contribution < -0.4 is 10.2 Å². The van der Waals surface area contributed by atoms with Crippen molar-refractivity contribution in [3.05, 3.63) is 100 Å². The fraction of sp³-hybridized carbons (Fsp3) is 0.0870. The molecule has 0 atom stereocenters. The zero-order valence-electron chi connectivity index (χ0n) is 14.4. The molecule has 1 heterocycles. The molecule has 4 rings (SSSR count). The smallest absolute Gasteiger partial charge is 0.193 e. The van der Waals surface area contributed by atoms with Crippen molar-refractivity contribution >= 4 is 11.0 Å². The molecule has 0 radical (unpaired) electrons. The zero-order valence-corrected chi connectivity index (χ0v) is 14.4. The van der Waals surface area contributed by atoms with Gasteiger partial charge in [-0.1, -0.05) is 54.6 Å². The molecule has 0 fully saturated rings. The van der Waals surface area contributed by atoms with Crippen molar-refractivity contribution in [3.63, 3.8) is 0 Å². The minimum absolute atomic E-state index is 0.0744. The van der Waals surface area contributed by atoms with Gasteiger partial charge in [-0.3, -0.25) is 4.79 Å². The Hall–Kier alpha value is -3.33. The van der Waals surface area contributed by atoms with E-state index in [4.69, 9.17) is 9.15 Å². The first-order chi connectivity index (χ1) is 12.7. The first-order valence-electron chi connectivity index (χ1n) is 8.51. The minimum Gasteiger partial charge on any atom is -0.489 e. The first-order valence-corrected chi connectivity index (χ1v) is 8.51. The lowest BCUT2D eigenvalue weighted by molar-refractivity contribution is 0.306. The Kier molecular flexibility index (Phi) is 4.28. The van der Waals surface area contributed by atoms with E-state index in [0.29, 0.717) is 29.1 Å². The van der Waals surface area contributed by atoms with Crippen LogP contribution in [0.3, 0.4) is 0 Å². The number of aryl methyl sites for hydroxylation is 1. The zero-order chi connectivity index (χ0) is 17.9. The third-order valence-electron chi connectivity index (χ3n) is 4.36. The third-order valence-corrected chi connectivity index (χ3v) is 4.36. The number of benzene rings is 3. The number of ether oxygens (including phenoxy) is 1. The van der Waals surface area contributed by atoms with Crippen molar-refractivity contribution in [2.45, 2.75) is 13.5 Å². The van der Waals surface area contributed by atoms with Gasteiger partial charge in [0.25, 0.3) is 0 Å². The van der Waals surface area contributed by atoms with E-state index in [1.165, 1.54) is 0 Å². The normalized spacial score (nSPS) is 10.8. The molecule has 0 N–H and O–H groups in total. The number of fused-ring (bicyclic) bond motifs is 1. The molecule has 0 unspecified atom stereocenters. The summed E-state index contributed by atoms with van der Waals surface area (Å²) >= 11 is 0. The summed E-state index contributed by atoms with van der Waals surface area (Å²) in [4.78, 5) is 12.6. The van der Waals surface area contributed by atoms with Crippen molar-refractivity contribution in [1.82, 2.24) is 0 Å². The highest BCUT2D eigenvalue weighted by Gasteiger charge is 2.10. The lowest BCUT2D eigenvalue weighted by atomic mass is 10.1. The van der Waals surface area contributed by atoms with Gasteiger partial charge in [-0.25, -0.2) is 0 Å². The molecule has 0 aliphatic rings. The van der Waals surface area contributed by atoms with E-state index in [-0.39, 0.29) is 5.43 Å². The van der Waals surface area contributed by atoms with E-state index >= 15 is 0 Å². The second kappa shape index (κ2) is 6.89. The summed E-state index contributed by atoms with van der Waals surface area (Å²) in [5, 5.41) is 0.521. The summed E-state index contributed by atoms with van der Waals surface area (Å²) in [6.45, 7) is 2.46. The molecule has 3 heteroatoms. The molecule has 4 aromatic rings. The highest BCUT2D eigenvalue weighted by Crippen LogP contribution is 2.26. The van der Waals surface area contributed by atoms with Crippen LogP contribution in [0, 0.1) is 6.92 Å². The van der Waals surface area contributed by atoms with Gasteiger partial charge >= 0.3 is 0 Å². The van der Waals surface area contributed by atoms with Gasteiger partial charge in [0.2, 0.25) is 0 Å². The summed E-state index contributed by atoms with van der Waals surface area (Å²) < 4.78 is 11.8. The molecule has 0 aliphatic carbocycles. The number of hydrogen-bond donors (Lipinski definition) is 0. The molecule has 3 aromatic carbocycles. The third kappa shape index (κ3) is 3.24. The molecular weight excluding hydrogens is 324 g/mol. The van der Waals surface area contributed by atoms with Gasteiger partial charge in [0.1, 0.15) is 23.7 Å². The monoisotopic (exact) mass is 342 g/mol. The largest absolute Gasteiger partial charge is 0.489 e. The number of rotatable bonds is 4. The Morgan fingerprint density at radius 2 is 1.65 bits per heavy atom. The van der Waals surface area contributed by atoms with Crippen LogP contribution in [0.4, 0.5) is 0 Å². The van der Waals surface area contributed by atoms with E-state index < -0.39 is 0 Å². The fourth-order valence-corrected chi connectivity index (χ4v) is 2.95. The van der Waals surface area contributed by atoms with Gasteiger partial charge in [-0.15, -0.1) is 0 Å². The van der Waals surface area contributed by atoms with Gasteiger partial charge in [-0.05, 0) is 36.2 Å². The molecule has 0 spiro atoms. The second-order valence-corrected chi connectivity index (χ2v) is 6.22. The molecular formula is C23H18O3. The van der Waals surface area contributed by atoms with Crippen molar-refractivity contribution < 1.29 is 9.15 Å². The maximum Gasteiger partial charge on any atom is 0.193 e. The SMILES string of the molecule is Cc1ccccc1-c1cc(=O)c2cc(OCc3ccccc3)ccc2o1. The molecule has 0 aliphatic heterocycles. The molecule has 26 heavy (non-hydrogen) atoms. The van der Waals surface area contributed by atoms with E-state index in [1.807, 2.05) is 67.6 Å². The molecule has 0 saturated heterocycles. The van der Waals surface area contributed by atoms with Crippen LogP contribution >= 0.6 is 0 Å². The van der Waals surface area contributed by atoms with E-state index in [0.717, 1.165) is 16.7 Å². The average molecular weight is 342 g/mol. The van der Waals surface area contributed by atoms with E-state index in [9.17, 15) is 4.79 Å². The van der Waals surface area contributed by atoms with Gasteiger partial charge in [0.15, 0.2) is 5.43 Å². The second-order valence-electron chi connectivity index (χ2n) is 6.22. The number of hydrogen-bond acceptors (Lipinski definition) is 3. The highest BCUT2D eigenvalue weighted by molar-refractivity contribution is 5.80. The predicted molar refractivity (Wildman–Crippen MR) is 103 cm³/mol. The molecule has 1 aromatic heterocycles. The van der Waals surface area contributed by atoms with Gasteiger partial charge < -0.3 is 9.15 Å². The molecule has 3 nitrogen and oxygen atoms in total. The highest BCUT2D eigenvalue weighted by atomic mass is 16.5. The average Bonchev–Trinajstić information content (AvgIpc) is 2.67. The molecule has 128 valence electrons. The Labute approximate surface area is 151 Å². The Morgan fingerprint density at radius 1 is 0.885 bits per heavy atom. The maximum absolute atomic E-state index is 12.6. The van der Waals surface area contributed by atoms with Crippen LogP contribution in [-0.2, 0) is 6.61 Å². The van der Waals surface area contributed by atoms with Crippen molar-refractivity contribution in [1.29, 1.82) is 0 Å². The standard InChI is InChI=1S/C23H18O3/c1-16-7-5-6-10-19(16)23-14-21(24)20-13-18(11-12-22(20)26-23)25-15-17-8-3-2-4-9-17/h2-14H,15H2,1H3. The van der Waals surface area contributed by atoms with Crippen LogP contribution in [0.25, 0.3) is 22.3 Å². The van der Waals surface area contributed by atoms with E-state index in [1.54, 1.807) is 18.2 Å². The lowest BCUT2D eigenvalue weighted by Gasteiger charge is -2.09. The summed E-state index contributed by atoms with van der Waals surface area (Å²) in [6.07, 6.45) is 0. The van der Waals surface area contributed by atoms with Gasteiger partial charge in [0, 0.05) is 11.6 Å². The lowest BCUT2D eigenvalue weighted by Crippen LogP contribution is -2.02. The van der Waals surface area contributed by atoms with Crippen molar-refractivity contribution in [3.8, 4) is 17.1 Å². The maximum atomic E-state index is 12.6. The van der Waals surface area contributed by atoms with Crippen LogP contribution in [0.15, 0.2) is 88.1 Å². The minimum atomic E-state index is -0.0744. The van der Waals surface area contributed by atoms with Crippen LogP contribution in [0.1, 0.15) is 11.1 Å². The molecule has 0 amide bonds. The molecule has 0 saturated carbocycles. The summed E-state index contributed by atoms with van der Waals surface area (Å²) in [5.74, 6) is 1.23. The fourth-order valence-electron chi connectivity index (χ4n) is 2.95. The van der Waals surface area contributed by atoms with Crippen LogP contribution in [0.2, 0.25) is 0 Å². The Bertz CT molecular complexity index is 1110. The summed E-state index contributed by atoms with van der Waals surface area (Å²) in [5.41, 5.74) is 3.56. The van der Waals surface area contributed by atoms with Gasteiger partial charge in [0.05, 0.1) is 5.39 Å². The molecule has 0 bridgehead atoms. The van der Waals surface area contributed by atoms with Crippen molar-refractivity contribution in [2.75, 3.05) is 0 Å². The Balaban J connectivity index is 1.67. The predicted octanol–water partition coefficient (Wildman–Crippen LogP) is 5.35. The van der Waals surface area contributed by atoms with Crippen LogP contribution in [-0.4, -0.2) is 0 Å². The van der Waals surface area contributed by atoms with Crippen molar-refractivity contribution in [2.24, 2.45) is 0 Å². The Morgan fingerprint density at radius 3 is 2.46 bits per heavy atom. The topological polar surface area (TPSA) is 39.4 Å². The van der Waals surface area contributed by atoms with Crippen LogP contribution in [0.5, 0.6) is 5.75 Å². The van der Waals surface area contributed by atoms with Gasteiger partial charge in [-0.2, -0.15) is 0 Å². The quantitative estimate of drug-likeness (QED) is 0.502. The summed E-state index contributed by atoms with van der Waals surface area (Å²) in [7, 11) is 0. The summed E-state index contributed by atoms with van der Waals surface area (Å²) in [6, 6.07) is 24.7. The first kappa shape index (κ1) is 16.2. The van der Waals surface area contributed by atoms with E-state index in [2.05, 4.69) is 0 Å².